The molecular formula is C20H23N3O2. The van der Waals surface area contributed by atoms with Crippen LogP contribution in [0.5, 0.6) is 0 Å². The van der Waals surface area contributed by atoms with Gasteiger partial charge in [-0.1, -0.05) is 36.4 Å². The number of aryl methyl sites for hydroxylation is 1. The van der Waals surface area contributed by atoms with Crippen LogP contribution in [0.25, 0.3) is 0 Å². The molecule has 130 valence electrons. The van der Waals surface area contributed by atoms with Gasteiger partial charge in [0.2, 0.25) is 0 Å². The van der Waals surface area contributed by atoms with E-state index in [2.05, 4.69) is 15.5 Å². The van der Waals surface area contributed by atoms with Crippen LogP contribution in [0.15, 0.2) is 42.5 Å². The SMILES string of the molecule is CNC(=O)c1ccc(C)c(C(=O)c2ccccc2)c1N1CCNCC1. The Hall–Kier alpha value is -2.66. The van der Waals surface area contributed by atoms with Crippen LogP contribution in [0.1, 0.15) is 31.8 Å². The van der Waals surface area contributed by atoms with Crippen LogP contribution in [0.4, 0.5) is 5.69 Å². The second-order valence-corrected chi connectivity index (χ2v) is 6.16. The van der Waals surface area contributed by atoms with E-state index < -0.39 is 0 Å². The molecule has 0 atom stereocenters. The summed E-state index contributed by atoms with van der Waals surface area (Å²) in [4.78, 5) is 27.8. The molecule has 2 N–H and O–H groups in total. The van der Waals surface area contributed by atoms with Crippen molar-refractivity contribution in [1.82, 2.24) is 10.6 Å². The number of rotatable bonds is 4. The number of nitrogens with one attached hydrogen (secondary N) is 2. The molecule has 0 radical (unpaired) electrons. The Morgan fingerprint density at radius 2 is 1.72 bits per heavy atom. The lowest BCUT2D eigenvalue weighted by atomic mass is 9.93. The van der Waals surface area contributed by atoms with Gasteiger partial charge < -0.3 is 15.5 Å². The fraction of sp³-hybridized carbons (Fsp3) is 0.300. The molecule has 1 aliphatic rings. The van der Waals surface area contributed by atoms with Crippen molar-refractivity contribution in [2.75, 3.05) is 38.1 Å². The first kappa shape index (κ1) is 17.2. The maximum absolute atomic E-state index is 13.2. The molecule has 1 heterocycles. The highest BCUT2D eigenvalue weighted by atomic mass is 16.1. The molecule has 1 amide bonds. The number of nitrogens with zero attached hydrogens (tertiary/aromatic N) is 1. The Kier molecular flexibility index (Phi) is 5.14. The number of hydrogen-bond acceptors (Lipinski definition) is 4. The molecule has 2 aromatic carbocycles. The van der Waals surface area contributed by atoms with Crippen molar-refractivity contribution >= 4 is 17.4 Å². The number of carbonyl (C=O) groups is 2. The van der Waals surface area contributed by atoms with Gasteiger partial charge in [-0.3, -0.25) is 9.59 Å². The molecule has 0 aliphatic carbocycles. The summed E-state index contributed by atoms with van der Waals surface area (Å²) in [6.07, 6.45) is 0. The average Bonchev–Trinajstić information content (AvgIpc) is 2.68. The van der Waals surface area contributed by atoms with Gasteiger partial charge in [0.15, 0.2) is 5.78 Å². The number of carbonyl (C=O) groups excluding carboxylic acids is 2. The molecule has 1 saturated heterocycles. The van der Waals surface area contributed by atoms with Crippen LogP contribution >= 0.6 is 0 Å². The summed E-state index contributed by atoms with van der Waals surface area (Å²) in [5, 5.41) is 6.01. The van der Waals surface area contributed by atoms with Gasteiger partial charge in [-0.25, -0.2) is 0 Å². The first-order chi connectivity index (χ1) is 12.1. The summed E-state index contributed by atoms with van der Waals surface area (Å²) in [5.74, 6) is -0.215. The van der Waals surface area contributed by atoms with E-state index in [0.29, 0.717) is 16.7 Å². The average molecular weight is 337 g/mol. The Morgan fingerprint density at radius 3 is 2.36 bits per heavy atom. The molecule has 0 bridgehead atoms. The van der Waals surface area contributed by atoms with Gasteiger partial charge in [0.1, 0.15) is 0 Å². The van der Waals surface area contributed by atoms with Gasteiger partial charge >= 0.3 is 0 Å². The van der Waals surface area contributed by atoms with Gasteiger partial charge in [-0.2, -0.15) is 0 Å². The lowest BCUT2D eigenvalue weighted by molar-refractivity contribution is 0.0963. The van der Waals surface area contributed by atoms with Crippen LogP contribution in [0.3, 0.4) is 0 Å². The minimum absolute atomic E-state index is 0.0441. The zero-order valence-corrected chi connectivity index (χ0v) is 14.6. The molecule has 0 saturated carbocycles. The highest BCUT2D eigenvalue weighted by Crippen LogP contribution is 2.31. The predicted octanol–water partition coefficient (Wildman–Crippen LogP) is 2.00. The number of amides is 1. The fourth-order valence-corrected chi connectivity index (χ4v) is 3.25. The highest BCUT2D eigenvalue weighted by molar-refractivity contribution is 6.16. The number of anilines is 1. The van der Waals surface area contributed by atoms with Crippen LogP contribution in [-0.2, 0) is 0 Å². The minimum atomic E-state index is -0.171. The molecule has 5 nitrogen and oxygen atoms in total. The summed E-state index contributed by atoms with van der Waals surface area (Å²) >= 11 is 0. The number of benzene rings is 2. The Bertz CT molecular complexity index is 781. The maximum atomic E-state index is 13.2. The smallest absolute Gasteiger partial charge is 0.253 e. The first-order valence-electron chi connectivity index (χ1n) is 8.54. The van der Waals surface area contributed by atoms with Crippen molar-refractivity contribution in [3.05, 3.63) is 64.7 Å². The van der Waals surface area contributed by atoms with Crippen molar-refractivity contribution < 1.29 is 9.59 Å². The van der Waals surface area contributed by atoms with Gasteiger partial charge in [0.25, 0.3) is 5.91 Å². The lowest BCUT2D eigenvalue weighted by Gasteiger charge is -2.33. The monoisotopic (exact) mass is 337 g/mol. The molecule has 1 fully saturated rings. The van der Waals surface area contributed by atoms with Crippen LogP contribution in [0, 0.1) is 6.92 Å². The van der Waals surface area contributed by atoms with E-state index in [-0.39, 0.29) is 11.7 Å². The zero-order chi connectivity index (χ0) is 17.8. The Balaban J connectivity index is 2.18. The maximum Gasteiger partial charge on any atom is 0.253 e. The lowest BCUT2D eigenvalue weighted by Crippen LogP contribution is -2.45. The third-order valence-corrected chi connectivity index (χ3v) is 4.55. The van der Waals surface area contributed by atoms with E-state index in [4.69, 9.17) is 0 Å². The Labute approximate surface area is 148 Å². The van der Waals surface area contributed by atoms with Gasteiger partial charge in [0, 0.05) is 44.4 Å². The minimum Gasteiger partial charge on any atom is -0.368 e. The normalized spacial score (nSPS) is 14.2. The molecule has 1 aliphatic heterocycles. The van der Waals surface area contributed by atoms with Gasteiger partial charge in [-0.15, -0.1) is 0 Å². The van der Waals surface area contributed by atoms with Crippen LogP contribution in [-0.4, -0.2) is 44.9 Å². The van der Waals surface area contributed by atoms with Crippen LogP contribution in [0.2, 0.25) is 0 Å². The number of ketones is 1. The summed E-state index contributed by atoms with van der Waals surface area (Å²) in [6.45, 7) is 5.13. The topological polar surface area (TPSA) is 61.4 Å². The van der Waals surface area contributed by atoms with Crippen LogP contribution < -0.4 is 15.5 Å². The molecule has 25 heavy (non-hydrogen) atoms. The first-order valence-corrected chi connectivity index (χ1v) is 8.54. The highest BCUT2D eigenvalue weighted by Gasteiger charge is 2.26. The molecule has 0 unspecified atom stereocenters. The van der Waals surface area contributed by atoms with E-state index in [1.165, 1.54) is 0 Å². The largest absolute Gasteiger partial charge is 0.368 e. The quantitative estimate of drug-likeness (QED) is 0.838. The van der Waals surface area contributed by atoms with Crippen molar-refractivity contribution in [1.29, 1.82) is 0 Å². The number of piperazine rings is 1. The van der Waals surface area contributed by atoms with E-state index in [0.717, 1.165) is 37.4 Å². The molecular weight excluding hydrogens is 314 g/mol. The van der Waals surface area contributed by atoms with E-state index >= 15 is 0 Å². The summed E-state index contributed by atoms with van der Waals surface area (Å²) in [5.41, 5.74) is 3.43. The molecule has 0 spiro atoms. The van der Waals surface area contributed by atoms with Gasteiger partial charge in [0.05, 0.1) is 11.3 Å². The molecule has 3 rings (SSSR count). The zero-order valence-electron chi connectivity index (χ0n) is 14.6. The van der Waals surface area contributed by atoms with E-state index in [1.54, 1.807) is 7.05 Å². The van der Waals surface area contributed by atoms with Crippen molar-refractivity contribution in [2.24, 2.45) is 0 Å². The van der Waals surface area contributed by atoms with E-state index in [9.17, 15) is 9.59 Å². The second-order valence-electron chi connectivity index (χ2n) is 6.16. The van der Waals surface area contributed by atoms with Crippen molar-refractivity contribution in [3.8, 4) is 0 Å². The van der Waals surface area contributed by atoms with Gasteiger partial charge in [-0.05, 0) is 18.6 Å². The fourth-order valence-electron chi connectivity index (χ4n) is 3.25. The molecule has 0 aromatic heterocycles. The summed E-state index contributed by atoms with van der Waals surface area (Å²) in [7, 11) is 1.61. The second kappa shape index (κ2) is 7.49. The van der Waals surface area contributed by atoms with E-state index in [1.807, 2.05) is 49.4 Å². The predicted molar refractivity (Wildman–Crippen MR) is 99.5 cm³/mol. The molecule has 5 heteroatoms. The van der Waals surface area contributed by atoms with Crippen molar-refractivity contribution in [2.45, 2.75) is 6.92 Å². The summed E-state index contributed by atoms with van der Waals surface area (Å²) < 4.78 is 0. The number of hydrogen-bond donors (Lipinski definition) is 2. The van der Waals surface area contributed by atoms with Crippen molar-refractivity contribution in [3.63, 3.8) is 0 Å². The Morgan fingerprint density at radius 1 is 1.04 bits per heavy atom. The standard InChI is InChI=1S/C20H23N3O2/c1-14-8-9-16(20(25)21-2)18(23-12-10-22-11-13-23)17(14)19(24)15-6-4-3-5-7-15/h3-9,22H,10-13H2,1-2H3,(H,21,25). The third-order valence-electron chi connectivity index (χ3n) is 4.55. The third kappa shape index (κ3) is 3.42. The summed E-state index contributed by atoms with van der Waals surface area (Å²) in [6, 6.07) is 12.9. The molecule has 2 aromatic rings.